The van der Waals surface area contributed by atoms with Gasteiger partial charge in [0.1, 0.15) is 67.1 Å². The summed E-state index contributed by atoms with van der Waals surface area (Å²) in [4.78, 5) is 39.6. The number of esters is 2. The topological polar surface area (TPSA) is 379 Å². The van der Waals surface area contributed by atoms with Crippen molar-refractivity contribution in [1.82, 2.24) is 0 Å². The first-order valence-electron chi connectivity index (χ1n) is 28.0. The van der Waals surface area contributed by atoms with Gasteiger partial charge in [-0.25, -0.2) is 9.59 Å². The maximum absolute atomic E-state index is 13.4. The first-order valence-corrected chi connectivity index (χ1v) is 28.0. The molecule has 0 spiro atoms. The summed E-state index contributed by atoms with van der Waals surface area (Å²) in [5, 5.41) is 144. The highest BCUT2D eigenvalue weighted by atomic mass is 16.8. The Morgan fingerprint density at radius 2 is 1.37 bits per heavy atom. The Morgan fingerprint density at radius 3 is 1.96 bits per heavy atom. The van der Waals surface area contributed by atoms with Crippen LogP contribution in [0.25, 0.3) is 0 Å². The van der Waals surface area contributed by atoms with Gasteiger partial charge < -0.3 is 99.5 Å². The number of fused-ring (bicyclic) bond motifs is 7. The fourth-order valence-corrected chi connectivity index (χ4v) is 16.7. The first kappa shape index (κ1) is 62.3. The van der Waals surface area contributed by atoms with Gasteiger partial charge in [-0.05, 0) is 99.2 Å². The molecule has 23 nitrogen and oxygen atoms in total. The second-order valence-electron chi connectivity index (χ2n) is 26.0. The number of aliphatic carboxylic acids is 1. The summed E-state index contributed by atoms with van der Waals surface area (Å²) in [6.45, 7) is 14.4. The zero-order valence-corrected chi connectivity index (χ0v) is 46.7. The summed E-state index contributed by atoms with van der Waals surface area (Å²) < 4.78 is 43.1. The van der Waals surface area contributed by atoms with Gasteiger partial charge in [0, 0.05) is 35.9 Å². The van der Waals surface area contributed by atoms with Gasteiger partial charge in [-0.3, -0.25) is 4.79 Å². The fraction of sp³-hybridized carbons (Fsp3) is 0.875. The fourth-order valence-electron chi connectivity index (χ4n) is 16.7. The van der Waals surface area contributed by atoms with Crippen LogP contribution in [0.3, 0.4) is 0 Å². The molecule has 0 aromatic carbocycles. The average Bonchev–Trinajstić information content (AvgIpc) is 3.25. The number of rotatable bonds is 14. The maximum Gasteiger partial charge on any atom is 0.335 e. The van der Waals surface area contributed by atoms with Crippen molar-refractivity contribution in [2.75, 3.05) is 26.4 Å². The van der Waals surface area contributed by atoms with E-state index in [0.29, 0.717) is 37.7 Å². The number of carboxylic acid groups (broad SMARTS) is 1. The minimum absolute atomic E-state index is 0.0731. The third-order valence-electron chi connectivity index (χ3n) is 21.6. The third-order valence-corrected chi connectivity index (χ3v) is 21.6. The lowest BCUT2D eigenvalue weighted by atomic mass is 9.33. The van der Waals surface area contributed by atoms with Gasteiger partial charge in [-0.2, -0.15) is 0 Å². The van der Waals surface area contributed by atoms with Crippen LogP contribution in [0.1, 0.15) is 114 Å². The van der Waals surface area contributed by atoms with Gasteiger partial charge >= 0.3 is 17.9 Å². The second-order valence-corrected chi connectivity index (χ2v) is 26.0. The highest BCUT2D eigenvalue weighted by molar-refractivity contribution is 5.87. The number of carboxylic acids is 1. The van der Waals surface area contributed by atoms with Gasteiger partial charge in [0.15, 0.2) is 18.7 Å². The Bertz CT molecular complexity index is 2290. The molecule has 8 rings (SSSR count). The lowest BCUT2D eigenvalue weighted by Crippen LogP contribution is -2.72. The van der Waals surface area contributed by atoms with E-state index in [-0.39, 0.29) is 31.1 Å². The van der Waals surface area contributed by atoms with E-state index in [2.05, 4.69) is 26.8 Å². The van der Waals surface area contributed by atoms with E-state index in [1.165, 1.54) is 6.92 Å². The lowest BCUT2D eigenvalue weighted by Gasteiger charge is -2.72. The molecule has 0 aromatic heterocycles. The molecule has 5 saturated carbocycles. The molecular weight excluding hydrogens is 1040 g/mol. The molecule has 27 atom stereocenters. The molecule has 450 valence electrons. The summed E-state index contributed by atoms with van der Waals surface area (Å²) in [6, 6.07) is 0. The van der Waals surface area contributed by atoms with Gasteiger partial charge in [0.2, 0.25) is 0 Å². The first-order chi connectivity index (χ1) is 36.9. The highest BCUT2D eigenvalue weighted by Gasteiger charge is 2.74. The van der Waals surface area contributed by atoms with Crippen LogP contribution in [-0.2, 0) is 47.5 Å². The molecule has 0 amide bonds. The van der Waals surface area contributed by atoms with E-state index in [9.17, 15) is 80.8 Å². The molecule has 2 heterocycles. The van der Waals surface area contributed by atoms with Gasteiger partial charge in [0.05, 0.1) is 49.7 Å². The molecular formula is C56H88O23. The lowest BCUT2D eigenvalue weighted by molar-refractivity contribution is -0.381. The summed E-state index contributed by atoms with van der Waals surface area (Å²) in [7, 11) is 0. The molecule has 7 fully saturated rings. The number of hydrogen-bond acceptors (Lipinski definition) is 22. The van der Waals surface area contributed by atoms with E-state index in [4.69, 9.17) is 33.2 Å². The molecule has 6 aliphatic carbocycles. The molecule has 0 aromatic rings. The Balaban J connectivity index is 1.12. The Morgan fingerprint density at radius 1 is 0.696 bits per heavy atom. The second kappa shape index (κ2) is 22.7. The normalized spacial score (nSPS) is 50.6. The van der Waals surface area contributed by atoms with Gasteiger partial charge in [-0.1, -0.05) is 59.3 Å². The van der Waals surface area contributed by atoms with Crippen LogP contribution in [0.5, 0.6) is 0 Å². The molecule has 0 bridgehead atoms. The highest BCUT2D eigenvalue weighted by Crippen LogP contribution is 2.76. The quantitative estimate of drug-likeness (QED) is 0.0444. The molecule has 23 heteroatoms. The standard InChI is InChI=1S/C56H88O23/c1-10-24(2)48(72)79-45-46(73-25(3)61)56(23-60)28(18-51(45,4)5)27-11-12-32-52(6)15-14-34(53(7,22-59)31(52)13-16-54(32,8)55(27,9)19-33(56)62)76-50-43(77-49-40(68)39(67)37(65)30(21-58)75-49)41(69)42(44(78-50)47(70)71)74-29-17-26(20-57)35(63)38(66)36(29)64/h10-11,26,28-46,49-50,57-60,62-69H,12-23H2,1-9H3,(H,70,71)/t26?,28?,29-,30?,31?,32?,33-,34+,35-,36?,37-,38-,39-,40?,41-,42+,43?,44?,45+,46+,49+,50-,52+,53-,54-,55-,56+/m1/s1. The molecule has 79 heavy (non-hydrogen) atoms. The molecule has 0 radical (unpaired) electrons. The SMILES string of the molecule is CC=C(C)C(=O)O[C@H]1[C@H](OC(C)=O)[C@@]2(CO)C(CC1(C)C)C1=CCC3[C@@]4(C)CC[C@H](O[C@@H]5OC(C(=O)O)[C@@H](O[C@@H]6CC(CO)[C@@H](O)[C@@H](O)C6O)[C@@H](O)C5O[C@@H]5OC(CO)[C@@H](O)[C@@H](O)C5O)[C@](C)(CO)C4CC[C@@]3(C)[C@]1(C)C[C@H]2O. The summed E-state index contributed by atoms with van der Waals surface area (Å²) >= 11 is 0. The van der Waals surface area contributed by atoms with Crippen molar-refractivity contribution in [3.05, 3.63) is 23.3 Å². The third kappa shape index (κ3) is 9.96. The molecule has 13 N–H and O–H groups in total. The van der Waals surface area contributed by atoms with Crippen molar-refractivity contribution in [2.45, 2.75) is 224 Å². The minimum Gasteiger partial charge on any atom is -0.479 e. The van der Waals surface area contributed by atoms with Crippen molar-refractivity contribution in [3.63, 3.8) is 0 Å². The smallest absolute Gasteiger partial charge is 0.335 e. The van der Waals surface area contributed by atoms with Crippen molar-refractivity contribution in [1.29, 1.82) is 0 Å². The molecule has 2 aliphatic heterocycles. The number of aliphatic hydroxyl groups excluding tert-OH is 12. The number of carbonyl (C=O) groups is 3. The van der Waals surface area contributed by atoms with Crippen LogP contribution in [-0.4, -0.2) is 221 Å². The molecule has 2 saturated heterocycles. The van der Waals surface area contributed by atoms with Crippen LogP contribution in [0.2, 0.25) is 0 Å². The summed E-state index contributed by atoms with van der Waals surface area (Å²) in [5.41, 5.74) is -3.71. The number of carbonyl (C=O) groups excluding carboxylic acids is 2. The van der Waals surface area contributed by atoms with Crippen molar-refractivity contribution in [3.8, 4) is 0 Å². The monoisotopic (exact) mass is 1130 g/mol. The average molecular weight is 1130 g/mol. The Labute approximate surface area is 460 Å². The van der Waals surface area contributed by atoms with Gasteiger partial charge in [0.25, 0.3) is 0 Å². The maximum atomic E-state index is 13.4. The predicted octanol–water partition coefficient (Wildman–Crippen LogP) is -0.657. The van der Waals surface area contributed by atoms with Crippen LogP contribution >= 0.6 is 0 Å². The molecule has 9 unspecified atom stereocenters. The number of hydrogen-bond donors (Lipinski definition) is 13. The van der Waals surface area contributed by atoms with Crippen LogP contribution in [0, 0.1) is 56.2 Å². The minimum atomic E-state index is -2.10. The van der Waals surface area contributed by atoms with E-state index in [0.717, 1.165) is 5.57 Å². The van der Waals surface area contributed by atoms with E-state index in [1.54, 1.807) is 19.9 Å². The van der Waals surface area contributed by atoms with Crippen LogP contribution in [0.4, 0.5) is 0 Å². The summed E-state index contributed by atoms with van der Waals surface area (Å²) in [5.74, 6) is -4.81. The number of ether oxygens (including phenoxy) is 7. The molecule has 8 aliphatic rings. The van der Waals surface area contributed by atoms with E-state index < -0.39 is 199 Å². The van der Waals surface area contributed by atoms with Crippen LogP contribution in [0.15, 0.2) is 23.3 Å². The number of aliphatic hydroxyl groups is 12. The number of allylic oxidation sites excluding steroid dienone is 3. The zero-order valence-electron chi connectivity index (χ0n) is 46.7. The Kier molecular flexibility index (Phi) is 17.9. The van der Waals surface area contributed by atoms with Crippen molar-refractivity contribution in [2.24, 2.45) is 56.2 Å². The van der Waals surface area contributed by atoms with Crippen LogP contribution < -0.4 is 0 Å². The van der Waals surface area contributed by atoms with E-state index in [1.807, 2.05) is 20.8 Å². The Hall–Kier alpha value is -2.79. The van der Waals surface area contributed by atoms with Crippen molar-refractivity contribution >= 4 is 17.9 Å². The van der Waals surface area contributed by atoms with Gasteiger partial charge in [-0.15, -0.1) is 0 Å². The zero-order chi connectivity index (χ0) is 58.4. The summed E-state index contributed by atoms with van der Waals surface area (Å²) in [6.07, 6.45) is -23.6. The van der Waals surface area contributed by atoms with Crippen molar-refractivity contribution < 1.29 is 114 Å². The largest absolute Gasteiger partial charge is 0.479 e. The predicted molar refractivity (Wildman–Crippen MR) is 272 cm³/mol. The van der Waals surface area contributed by atoms with E-state index >= 15 is 0 Å².